The van der Waals surface area contributed by atoms with Gasteiger partial charge in [0, 0.05) is 27.7 Å². The minimum absolute atomic E-state index is 0.344. The van der Waals surface area contributed by atoms with Crippen LogP contribution in [-0.2, 0) is 29.5 Å². The van der Waals surface area contributed by atoms with E-state index < -0.39 is 10.0 Å². The lowest BCUT2D eigenvalue weighted by molar-refractivity contribution is 0.581. The zero-order chi connectivity index (χ0) is 14.8. The Morgan fingerprint density at radius 1 is 1.40 bits per heavy atom. The molecule has 0 atom stereocenters. The first-order valence-corrected chi connectivity index (χ1v) is 9.50. The first kappa shape index (κ1) is 15.7. The predicted molar refractivity (Wildman–Crippen MR) is 84.7 cm³/mol. The van der Waals surface area contributed by atoms with E-state index in [0.29, 0.717) is 18.0 Å². The monoisotopic (exact) mass is 330 g/mol. The molecule has 0 aliphatic rings. The summed E-state index contributed by atoms with van der Waals surface area (Å²) in [6.45, 7) is 4.58. The van der Waals surface area contributed by atoms with Crippen LogP contribution in [0.2, 0.25) is 0 Å². The fourth-order valence-corrected chi connectivity index (χ4v) is 5.48. The van der Waals surface area contributed by atoms with Crippen LogP contribution in [0.1, 0.15) is 27.1 Å². The van der Waals surface area contributed by atoms with Crippen LogP contribution in [-0.4, -0.2) is 8.42 Å². The van der Waals surface area contributed by atoms with Gasteiger partial charge in [-0.1, -0.05) is 6.92 Å². The summed E-state index contributed by atoms with van der Waals surface area (Å²) in [6.07, 6.45) is 0.912. The molecule has 110 valence electrons. The van der Waals surface area contributed by atoms with Crippen LogP contribution in [0.4, 0.5) is 0 Å². The second-order valence-corrected chi connectivity index (χ2v) is 8.46. The Labute approximate surface area is 127 Å². The van der Waals surface area contributed by atoms with Crippen molar-refractivity contribution in [2.24, 2.45) is 5.73 Å². The van der Waals surface area contributed by atoms with Gasteiger partial charge < -0.3 is 5.73 Å². The molecule has 2 aromatic heterocycles. The van der Waals surface area contributed by atoms with Crippen molar-refractivity contribution in [2.75, 3.05) is 0 Å². The Bertz CT molecular complexity index is 686. The number of nitrogens with two attached hydrogens (primary N) is 1. The smallest absolute Gasteiger partial charge is 0.242 e. The molecule has 0 saturated carbocycles. The lowest BCUT2D eigenvalue weighted by Crippen LogP contribution is -2.23. The standard InChI is InChI=1S/C13H18N2O2S3/c1-3-10-4-5-18-12(10)8-15-20(16,17)13-6-11(7-14)19-9(13)2/h4-6,15H,3,7-8,14H2,1-2H3. The molecule has 3 N–H and O–H groups in total. The van der Waals surface area contributed by atoms with E-state index in [9.17, 15) is 8.42 Å². The van der Waals surface area contributed by atoms with E-state index in [4.69, 9.17) is 5.73 Å². The molecule has 2 heterocycles. The summed E-state index contributed by atoms with van der Waals surface area (Å²) < 4.78 is 27.4. The molecule has 2 rings (SSSR count). The highest BCUT2D eigenvalue weighted by Crippen LogP contribution is 2.26. The molecule has 0 bridgehead atoms. The number of aryl methyl sites for hydroxylation is 2. The Kier molecular flexibility index (Phi) is 4.98. The zero-order valence-corrected chi connectivity index (χ0v) is 13.9. The van der Waals surface area contributed by atoms with E-state index in [2.05, 4.69) is 11.6 Å². The highest BCUT2D eigenvalue weighted by molar-refractivity contribution is 7.89. The minimum Gasteiger partial charge on any atom is -0.326 e. The van der Waals surface area contributed by atoms with Crippen molar-refractivity contribution < 1.29 is 8.42 Å². The molecule has 0 amide bonds. The number of nitrogens with one attached hydrogen (secondary N) is 1. The molecular weight excluding hydrogens is 312 g/mol. The normalized spacial score (nSPS) is 11.9. The molecule has 7 heteroatoms. The minimum atomic E-state index is -3.47. The molecule has 2 aromatic rings. The van der Waals surface area contributed by atoms with Crippen LogP contribution in [0, 0.1) is 6.92 Å². The third kappa shape index (κ3) is 3.29. The fraction of sp³-hybridized carbons (Fsp3) is 0.385. The largest absolute Gasteiger partial charge is 0.326 e. The van der Waals surface area contributed by atoms with Crippen LogP contribution in [0.3, 0.4) is 0 Å². The summed E-state index contributed by atoms with van der Waals surface area (Å²) in [5.41, 5.74) is 6.76. The Morgan fingerprint density at radius 3 is 2.75 bits per heavy atom. The first-order chi connectivity index (χ1) is 9.47. The van der Waals surface area contributed by atoms with Gasteiger partial charge in [-0.05, 0) is 36.4 Å². The van der Waals surface area contributed by atoms with Gasteiger partial charge in [0.2, 0.25) is 10.0 Å². The zero-order valence-electron chi connectivity index (χ0n) is 11.5. The van der Waals surface area contributed by atoms with Crippen molar-refractivity contribution in [2.45, 2.75) is 38.3 Å². The summed E-state index contributed by atoms with van der Waals surface area (Å²) >= 11 is 3.01. The van der Waals surface area contributed by atoms with Crippen molar-refractivity contribution in [1.29, 1.82) is 0 Å². The third-order valence-electron chi connectivity index (χ3n) is 3.06. The molecule has 0 aromatic carbocycles. The van der Waals surface area contributed by atoms with Crippen molar-refractivity contribution in [1.82, 2.24) is 4.72 Å². The SMILES string of the molecule is CCc1ccsc1CNS(=O)(=O)c1cc(CN)sc1C. The summed E-state index contributed by atoms with van der Waals surface area (Å²) in [5, 5.41) is 1.99. The number of hydrogen-bond donors (Lipinski definition) is 2. The van der Waals surface area contributed by atoms with E-state index in [-0.39, 0.29) is 0 Å². The van der Waals surface area contributed by atoms with Gasteiger partial charge in [-0.25, -0.2) is 13.1 Å². The van der Waals surface area contributed by atoms with Gasteiger partial charge in [-0.2, -0.15) is 0 Å². The highest BCUT2D eigenvalue weighted by Gasteiger charge is 2.20. The maximum Gasteiger partial charge on any atom is 0.242 e. The second kappa shape index (κ2) is 6.36. The number of hydrogen-bond acceptors (Lipinski definition) is 5. The van der Waals surface area contributed by atoms with Crippen LogP contribution in [0.15, 0.2) is 22.4 Å². The van der Waals surface area contributed by atoms with Crippen molar-refractivity contribution in [3.63, 3.8) is 0 Å². The Hall–Kier alpha value is -0.730. The van der Waals surface area contributed by atoms with E-state index in [0.717, 1.165) is 21.1 Å². The quantitative estimate of drug-likeness (QED) is 0.855. The number of sulfonamides is 1. The first-order valence-electron chi connectivity index (χ1n) is 6.32. The average molecular weight is 331 g/mol. The molecule has 0 unspecified atom stereocenters. The Morgan fingerprint density at radius 2 is 2.15 bits per heavy atom. The van der Waals surface area contributed by atoms with E-state index in [1.807, 2.05) is 11.4 Å². The molecule has 0 fully saturated rings. The molecule has 0 radical (unpaired) electrons. The second-order valence-electron chi connectivity index (χ2n) is 4.38. The fourth-order valence-electron chi connectivity index (χ4n) is 1.97. The third-order valence-corrected chi connectivity index (χ3v) is 6.75. The predicted octanol–water partition coefficient (Wildman–Crippen LogP) is 2.62. The molecule has 0 aliphatic carbocycles. The summed E-state index contributed by atoms with van der Waals surface area (Å²) in [4.78, 5) is 3.08. The van der Waals surface area contributed by atoms with Crippen molar-refractivity contribution >= 4 is 32.7 Å². The van der Waals surface area contributed by atoms with Gasteiger partial charge in [-0.3, -0.25) is 0 Å². The number of rotatable bonds is 6. The van der Waals surface area contributed by atoms with Gasteiger partial charge in [0.1, 0.15) is 0 Å². The highest BCUT2D eigenvalue weighted by atomic mass is 32.2. The maximum atomic E-state index is 12.3. The van der Waals surface area contributed by atoms with Crippen LogP contribution < -0.4 is 10.5 Å². The molecule has 0 aliphatic heterocycles. The van der Waals surface area contributed by atoms with E-state index in [1.165, 1.54) is 16.9 Å². The lowest BCUT2D eigenvalue weighted by Gasteiger charge is -2.06. The van der Waals surface area contributed by atoms with E-state index >= 15 is 0 Å². The van der Waals surface area contributed by atoms with Crippen LogP contribution in [0.25, 0.3) is 0 Å². The molecule has 0 spiro atoms. The summed E-state index contributed by atoms with van der Waals surface area (Å²) in [7, 11) is -3.47. The summed E-state index contributed by atoms with van der Waals surface area (Å²) in [5.74, 6) is 0. The molecule has 0 saturated heterocycles. The van der Waals surface area contributed by atoms with Crippen LogP contribution >= 0.6 is 22.7 Å². The Balaban J connectivity index is 2.17. The van der Waals surface area contributed by atoms with Crippen LogP contribution in [0.5, 0.6) is 0 Å². The van der Waals surface area contributed by atoms with Gasteiger partial charge in [0.05, 0.1) is 4.90 Å². The van der Waals surface area contributed by atoms with Gasteiger partial charge in [0.25, 0.3) is 0 Å². The van der Waals surface area contributed by atoms with Crippen molar-refractivity contribution in [3.05, 3.63) is 37.7 Å². The van der Waals surface area contributed by atoms with Gasteiger partial charge >= 0.3 is 0 Å². The lowest BCUT2D eigenvalue weighted by atomic mass is 10.2. The maximum absolute atomic E-state index is 12.3. The van der Waals surface area contributed by atoms with Gasteiger partial charge in [-0.15, -0.1) is 22.7 Å². The molecular formula is C13H18N2O2S3. The molecule has 20 heavy (non-hydrogen) atoms. The van der Waals surface area contributed by atoms with Gasteiger partial charge in [0.15, 0.2) is 0 Å². The average Bonchev–Trinajstić information content (AvgIpc) is 3.02. The van der Waals surface area contributed by atoms with Crippen molar-refractivity contribution in [3.8, 4) is 0 Å². The topological polar surface area (TPSA) is 72.2 Å². The molecule has 4 nitrogen and oxygen atoms in total. The van der Waals surface area contributed by atoms with E-state index in [1.54, 1.807) is 24.3 Å². The number of thiophene rings is 2. The summed E-state index contributed by atoms with van der Waals surface area (Å²) in [6, 6.07) is 3.70.